The molecule has 2 aromatic carbocycles. The minimum atomic E-state index is -0.279. The fourth-order valence-corrected chi connectivity index (χ4v) is 5.57. The maximum Gasteiger partial charge on any atom is 0.291 e. The Kier molecular flexibility index (Phi) is 4.47. The maximum absolute atomic E-state index is 12.8. The third kappa shape index (κ3) is 2.80. The van der Waals surface area contributed by atoms with Crippen molar-refractivity contribution in [3.05, 3.63) is 62.2 Å². The normalized spacial score (nSPS) is 12.4. The van der Waals surface area contributed by atoms with Crippen LogP contribution >= 0.6 is 34.3 Å². The maximum atomic E-state index is 12.8. The topological polar surface area (TPSA) is 34.4 Å². The minimum absolute atomic E-state index is 0.279. The molecule has 4 aromatic rings. The Hall–Kier alpha value is -1.95. The zero-order chi connectivity index (χ0) is 18.4. The number of aryl methyl sites for hydroxylation is 3. The number of fused-ring (bicyclic) bond motifs is 2. The molecule has 2 heterocycles. The zero-order valence-corrected chi connectivity index (χ0v) is 17.1. The van der Waals surface area contributed by atoms with Crippen molar-refractivity contribution in [1.29, 1.82) is 0 Å². The van der Waals surface area contributed by atoms with Crippen LogP contribution in [0.4, 0.5) is 0 Å². The van der Waals surface area contributed by atoms with E-state index in [1.807, 2.05) is 24.3 Å². The van der Waals surface area contributed by atoms with Crippen LogP contribution in [0.1, 0.15) is 27.7 Å². The highest BCUT2D eigenvalue weighted by Gasteiger charge is 2.17. The van der Waals surface area contributed by atoms with Gasteiger partial charge >= 0.3 is 0 Å². The van der Waals surface area contributed by atoms with E-state index in [-0.39, 0.29) is 5.91 Å². The van der Waals surface area contributed by atoms with Gasteiger partial charge in [0.15, 0.2) is 4.80 Å². The van der Waals surface area contributed by atoms with Gasteiger partial charge in [-0.15, -0.1) is 11.3 Å². The van der Waals surface area contributed by atoms with Crippen LogP contribution in [0.2, 0.25) is 5.02 Å². The molecule has 132 valence electrons. The van der Waals surface area contributed by atoms with Gasteiger partial charge in [0.2, 0.25) is 0 Å². The number of amides is 1. The monoisotopic (exact) mass is 400 g/mol. The Morgan fingerprint density at radius 3 is 2.58 bits per heavy atom. The van der Waals surface area contributed by atoms with E-state index in [9.17, 15) is 4.79 Å². The molecule has 0 radical (unpaired) electrons. The van der Waals surface area contributed by atoms with Crippen molar-refractivity contribution in [1.82, 2.24) is 4.57 Å². The van der Waals surface area contributed by atoms with Crippen molar-refractivity contribution >= 4 is 60.5 Å². The minimum Gasteiger partial charge on any atom is -0.317 e. The molecule has 3 nitrogen and oxygen atoms in total. The summed E-state index contributed by atoms with van der Waals surface area (Å²) < 4.78 is 4.23. The van der Waals surface area contributed by atoms with Gasteiger partial charge < -0.3 is 4.57 Å². The predicted octanol–water partition coefficient (Wildman–Crippen LogP) is 5.95. The van der Waals surface area contributed by atoms with Gasteiger partial charge in [0.25, 0.3) is 5.91 Å². The second kappa shape index (κ2) is 6.65. The third-order valence-corrected chi connectivity index (χ3v) is 7.25. The standard InChI is InChI=1S/C20H17ClN2OS2/c1-4-23-14-9-11(2)12(3)10-16(14)26-20(23)22-19(24)18-17(21)13-7-5-6-8-15(13)25-18/h5-10H,4H2,1-3H3. The van der Waals surface area contributed by atoms with E-state index in [0.29, 0.717) is 14.7 Å². The first-order valence-corrected chi connectivity index (χ1v) is 10.4. The van der Waals surface area contributed by atoms with Crippen LogP contribution in [0.15, 0.2) is 41.4 Å². The molecule has 4 rings (SSSR count). The quantitative estimate of drug-likeness (QED) is 0.409. The molecular formula is C20H17ClN2OS2. The van der Waals surface area contributed by atoms with E-state index in [2.05, 4.69) is 42.5 Å². The van der Waals surface area contributed by atoms with E-state index in [1.165, 1.54) is 22.5 Å². The number of aromatic nitrogens is 1. The number of carbonyl (C=O) groups is 1. The Labute approximate surface area is 164 Å². The average Bonchev–Trinajstić information content (AvgIpc) is 3.13. The molecule has 0 aliphatic rings. The van der Waals surface area contributed by atoms with Crippen molar-refractivity contribution in [3.63, 3.8) is 0 Å². The Morgan fingerprint density at radius 2 is 1.85 bits per heavy atom. The summed E-state index contributed by atoms with van der Waals surface area (Å²) in [5.41, 5.74) is 3.60. The molecule has 0 aliphatic heterocycles. The molecule has 0 atom stereocenters. The van der Waals surface area contributed by atoms with Gasteiger partial charge in [-0.1, -0.05) is 41.1 Å². The second-order valence-electron chi connectivity index (χ2n) is 6.19. The number of benzene rings is 2. The lowest BCUT2D eigenvalue weighted by atomic mass is 10.1. The highest BCUT2D eigenvalue weighted by Crippen LogP contribution is 2.35. The lowest BCUT2D eigenvalue weighted by Gasteiger charge is -2.03. The number of thiophene rings is 1. The summed E-state index contributed by atoms with van der Waals surface area (Å²) >= 11 is 9.38. The molecule has 0 saturated carbocycles. The number of halogens is 1. The number of hydrogen-bond donors (Lipinski definition) is 0. The molecule has 1 amide bonds. The van der Waals surface area contributed by atoms with Gasteiger partial charge in [-0.3, -0.25) is 4.79 Å². The Morgan fingerprint density at radius 1 is 1.12 bits per heavy atom. The number of hydrogen-bond acceptors (Lipinski definition) is 3. The van der Waals surface area contributed by atoms with Crippen LogP contribution in [0.5, 0.6) is 0 Å². The van der Waals surface area contributed by atoms with Gasteiger partial charge in [-0.05, 0) is 50.1 Å². The smallest absolute Gasteiger partial charge is 0.291 e. The first-order chi connectivity index (χ1) is 12.5. The van der Waals surface area contributed by atoms with E-state index >= 15 is 0 Å². The number of rotatable bonds is 2. The molecule has 0 saturated heterocycles. The largest absolute Gasteiger partial charge is 0.317 e. The molecular weight excluding hydrogens is 384 g/mol. The summed E-state index contributed by atoms with van der Waals surface area (Å²) in [4.78, 5) is 18.5. The SMILES string of the molecule is CCn1c(=NC(=O)c2sc3ccccc3c2Cl)sc2cc(C)c(C)cc21. The molecule has 26 heavy (non-hydrogen) atoms. The van der Waals surface area contributed by atoms with Crippen molar-refractivity contribution in [2.75, 3.05) is 0 Å². The molecule has 0 spiro atoms. The predicted molar refractivity (Wildman–Crippen MR) is 112 cm³/mol. The highest BCUT2D eigenvalue weighted by molar-refractivity contribution is 7.21. The Bertz CT molecular complexity index is 1230. The van der Waals surface area contributed by atoms with Gasteiger partial charge in [-0.25, -0.2) is 0 Å². The van der Waals surface area contributed by atoms with Crippen molar-refractivity contribution in [2.24, 2.45) is 4.99 Å². The van der Waals surface area contributed by atoms with Crippen molar-refractivity contribution < 1.29 is 4.79 Å². The van der Waals surface area contributed by atoms with Crippen LogP contribution in [0.3, 0.4) is 0 Å². The molecule has 2 aromatic heterocycles. The van der Waals surface area contributed by atoms with E-state index in [1.54, 1.807) is 11.3 Å². The highest BCUT2D eigenvalue weighted by atomic mass is 35.5. The lowest BCUT2D eigenvalue weighted by Crippen LogP contribution is -2.15. The summed E-state index contributed by atoms with van der Waals surface area (Å²) in [6.07, 6.45) is 0. The van der Waals surface area contributed by atoms with E-state index in [4.69, 9.17) is 11.6 Å². The Balaban J connectivity index is 1.89. The van der Waals surface area contributed by atoms with Crippen molar-refractivity contribution in [3.8, 4) is 0 Å². The van der Waals surface area contributed by atoms with Crippen LogP contribution in [0, 0.1) is 13.8 Å². The van der Waals surface area contributed by atoms with Crippen LogP contribution in [-0.2, 0) is 6.54 Å². The third-order valence-electron chi connectivity index (χ3n) is 4.54. The first kappa shape index (κ1) is 17.5. The number of thiazole rings is 1. The molecule has 0 bridgehead atoms. The van der Waals surface area contributed by atoms with Gasteiger partial charge in [0.1, 0.15) is 4.88 Å². The number of nitrogens with zero attached hydrogens (tertiary/aromatic N) is 2. The summed E-state index contributed by atoms with van der Waals surface area (Å²) in [6.45, 7) is 7.03. The van der Waals surface area contributed by atoms with Gasteiger partial charge in [0, 0.05) is 16.6 Å². The lowest BCUT2D eigenvalue weighted by molar-refractivity contribution is 0.100. The molecule has 0 N–H and O–H groups in total. The summed E-state index contributed by atoms with van der Waals surface area (Å²) in [6, 6.07) is 12.1. The van der Waals surface area contributed by atoms with Gasteiger partial charge in [0.05, 0.1) is 15.2 Å². The summed E-state index contributed by atoms with van der Waals surface area (Å²) in [7, 11) is 0. The molecule has 0 fully saturated rings. The van der Waals surface area contributed by atoms with E-state index in [0.717, 1.165) is 26.8 Å². The average molecular weight is 401 g/mol. The second-order valence-corrected chi connectivity index (χ2v) is 8.63. The zero-order valence-electron chi connectivity index (χ0n) is 14.7. The number of carbonyl (C=O) groups excluding carboxylic acids is 1. The summed E-state index contributed by atoms with van der Waals surface area (Å²) in [5, 5.41) is 1.40. The van der Waals surface area contributed by atoms with Gasteiger partial charge in [-0.2, -0.15) is 4.99 Å². The fourth-order valence-electron chi connectivity index (χ4n) is 3.00. The summed E-state index contributed by atoms with van der Waals surface area (Å²) in [5.74, 6) is -0.279. The fraction of sp³-hybridized carbons (Fsp3) is 0.200. The molecule has 0 unspecified atom stereocenters. The van der Waals surface area contributed by atoms with E-state index < -0.39 is 0 Å². The van der Waals surface area contributed by atoms with Crippen molar-refractivity contribution in [2.45, 2.75) is 27.3 Å². The first-order valence-electron chi connectivity index (χ1n) is 8.36. The van der Waals surface area contributed by atoms with Crippen LogP contribution in [0.25, 0.3) is 20.3 Å². The van der Waals surface area contributed by atoms with Crippen LogP contribution in [-0.4, -0.2) is 10.5 Å². The molecule has 0 aliphatic carbocycles. The van der Waals surface area contributed by atoms with Crippen LogP contribution < -0.4 is 4.80 Å². The molecule has 6 heteroatoms.